The van der Waals surface area contributed by atoms with Crippen molar-refractivity contribution >= 4 is 23.7 Å². The number of nitrogens with one attached hydrogen (secondary N) is 2. The van der Waals surface area contributed by atoms with E-state index in [0.717, 1.165) is 11.1 Å². The van der Waals surface area contributed by atoms with Crippen molar-refractivity contribution in [1.29, 1.82) is 0 Å². The molecule has 0 aromatic heterocycles. The molecule has 47 heavy (non-hydrogen) atoms. The lowest BCUT2D eigenvalue weighted by atomic mass is 9.97. The van der Waals surface area contributed by atoms with E-state index < -0.39 is 17.9 Å². The molecule has 0 spiro atoms. The van der Waals surface area contributed by atoms with Gasteiger partial charge < -0.3 is 31.1 Å². The van der Waals surface area contributed by atoms with Gasteiger partial charge in [0.15, 0.2) is 0 Å². The van der Waals surface area contributed by atoms with Crippen LogP contribution in [0.2, 0.25) is 0 Å². The number of benzene rings is 4. The largest absolute Gasteiger partial charge is 0.508 e. The first-order valence-electron chi connectivity index (χ1n) is 15.5. The minimum absolute atomic E-state index is 0.0182. The zero-order valence-electron chi connectivity index (χ0n) is 26.4. The van der Waals surface area contributed by atoms with Crippen molar-refractivity contribution < 1.29 is 29.0 Å². The van der Waals surface area contributed by atoms with Gasteiger partial charge in [-0.05, 0) is 59.0 Å². The van der Waals surface area contributed by atoms with E-state index in [1.54, 1.807) is 31.2 Å². The van der Waals surface area contributed by atoms with Gasteiger partial charge in [0.1, 0.15) is 11.8 Å². The summed E-state index contributed by atoms with van der Waals surface area (Å²) in [6.45, 7) is 2.13. The van der Waals surface area contributed by atoms with Crippen molar-refractivity contribution in [2.45, 2.75) is 32.4 Å². The van der Waals surface area contributed by atoms with Gasteiger partial charge in [0, 0.05) is 31.6 Å². The second-order valence-electron chi connectivity index (χ2n) is 10.9. The molecule has 4 aromatic carbocycles. The van der Waals surface area contributed by atoms with Gasteiger partial charge in [-0.1, -0.05) is 78.9 Å². The van der Waals surface area contributed by atoms with Crippen LogP contribution in [0.15, 0.2) is 103 Å². The van der Waals surface area contributed by atoms with E-state index in [0.29, 0.717) is 35.3 Å². The van der Waals surface area contributed by atoms with Crippen LogP contribution in [-0.2, 0) is 38.5 Å². The van der Waals surface area contributed by atoms with E-state index in [-0.39, 0.29) is 50.1 Å². The number of hydrogen-bond donors (Lipinski definition) is 4. The lowest BCUT2D eigenvalue weighted by Gasteiger charge is -2.31. The molecule has 244 valence electrons. The van der Waals surface area contributed by atoms with E-state index in [1.807, 2.05) is 66.7 Å². The number of esters is 1. The SMILES string of the molecule is CCOC(=O)[C@H](Cc1ccc(O)cc1)N(Cc1cccc(-c2ccccc2C(=O)NCCN)c1)C(=O)CNC(=O)Cc1ccccc1. The highest BCUT2D eigenvalue weighted by Crippen LogP contribution is 2.26. The molecular weight excluding hydrogens is 596 g/mol. The molecule has 4 aromatic rings. The van der Waals surface area contributed by atoms with Gasteiger partial charge in [-0.2, -0.15) is 0 Å². The molecule has 0 fully saturated rings. The zero-order valence-corrected chi connectivity index (χ0v) is 26.4. The quantitative estimate of drug-likeness (QED) is 0.146. The molecule has 10 nitrogen and oxygen atoms in total. The van der Waals surface area contributed by atoms with Crippen LogP contribution < -0.4 is 16.4 Å². The Morgan fingerprint density at radius 2 is 1.53 bits per heavy atom. The number of phenols is 1. The molecule has 0 aliphatic rings. The summed E-state index contributed by atoms with van der Waals surface area (Å²) in [4.78, 5) is 54.4. The summed E-state index contributed by atoms with van der Waals surface area (Å²) >= 11 is 0. The second-order valence-corrected chi connectivity index (χ2v) is 10.9. The van der Waals surface area contributed by atoms with Crippen molar-refractivity contribution in [2.75, 3.05) is 26.2 Å². The predicted octanol–water partition coefficient (Wildman–Crippen LogP) is 3.61. The Kier molecular flexibility index (Phi) is 12.6. The van der Waals surface area contributed by atoms with Gasteiger partial charge in [0.05, 0.1) is 19.6 Å². The molecule has 4 rings (SSSR count). The van der Waals surface area contributed by atoms with Crippen LogP contribution in [0.3, 0.4) is 0 Å². The fraction of sp³-hybridized carbons (Fsp3) is 0.243. The number of rotatable bonds is 15. The van der Waals surface area contributed by atoms with Crippen LogP contribution in [0, 0.1) is 0 Å². The first-order chi connectivity index (χ1) is 22.8. The maximum Gasteiger partial charge on any atom is 0.329 e. The van der Waals surface area contributed by atoms with Crippen LogP contribution in [-0.4, -0.2) is 66.0 Å². The van der Waals surface area contributed by atoms with Gasteiger partial charge in [-0.3, -0.25) is 14.4 Å². The normalized spacial score (nSPS) is 11.3. The first kappa shape index (κ1) is 34.4. The number of carbonyl (C=O) groups excluding carboxylic acids is 4. The van der Waals surface area contributed by atoms with Crippen molar-refractivity contribution in [3.63, 3.8) is 0 Å². The maximum absolute atomic E-state index is 13.9. The number of amides is 3. The third-order valence-electron chi connectivity index (χ3n) is 7.46. The van der Waals surface area contributed by atoms with Crippen LogP contribution in [0.25, 0.3) is 11.1 Å². The average Bonchev–Trinajstić information content (AvgIpc) is 3.09. The Balaban J connectivity index is 1.65. The van der Waals surface area contributed by atoms with Crippen molar-refractivity contribution in [1.82, 2.24) is 15.5 Å². The number of nitrogens with two attached hydrogens (primary N) is 1. The molecule has 0 aliphatic carbocycles. The lowest BCUT2D eigenvalue weighted by Crippen LogP contribution is -2.50. The zero-order chi connectivity index (χ0) is 33.6. The number of phenolic OH excluding ortho intramolecular Hbond substituents is 1. The number of hydrogen-bond acceptors (Lipinski definition) is 7. The minimum atomic E-state index is -1.03. The summed E-state index contributed by atoms with van der Waals surface area (Å²) in [5.41, 5.74) is 9.70. The molecule has 0 bridgehead atoms. The maximum atomic E-state index is 13.9. The lowest BCUT2D eigenvalue weighted by molar-refractivity contribution is -0.155. The smallest absolute Gasteiger partial charge is 0.329 e. The minimum Gasteiger partial charge on any atom is -0.508 e. The highest BCUT2D eigenvalue weighted by molar-refractivity contribution is 6.01. The summed E-state index contributed by atoms with van der Waals surface area (Å²) in [5, 5.41) is 15.3. The summed E-state index contributed by atoms with van der Waals surface area (Å²) in [7, 11) is 0. The molecule has 0 radical (unpaired) electrons. The second kappa shape index (κ2) is 17.3. The Hall–Kier alpha value is -5.48. The summed E-state index contributed by atoms with van der Waals surface area (Å²) in [6, 6.07) is 29.1. The van der Waals surface area contributed by atoms with Crippen LogP contribution >= 0.6 is 0 Å². The highest BCUT2D eigenvalue weighted by atomic mass is 16.5. The Morgan fingerprint density at radius 1 is 0.830 bits per heavy atom. The Bertz CT molecular complexity index is 1660. The van der Waals surface area contributed by atoms with Crippen LogP contribution in [0.1, 0.15) is 34.0 Å². The van der Waals surface area contributed by atoms with E-state index in [2.05, 4.69) is 10.6 Å². The Morgan fingerprint density at radius 3 is 2.26 bits per heavy atom. The topological polar surface area (TPSA) is 151 Å². The fourth-order valence-electron chi connectivity index (χ4n) is 5.15. The Labute approximate surface area is 274 Å². The fourth-order valence-corrected chi connectivity index (χ4v) is 5.15. The third-order valence-corrected chi connectivity index (χ3v) is 7.46. The molecule has 0 unspecified atom stereocenters. The molecule has 0 heterocycles. The number of aromatic hydroxyl groups is 1. The van der Waals surface area contributed by atoms with Gasteiger partial charge in [-0.25, -0.2) is 4.79 Å². The molecule has 0 aliphatic heterocycles. The number of ether oxygens (including phenoxy) is 1. The van der Waals surface area contributed by atoms with Crippen molar-refractivity contribution in [2.24, 2.45) is 5.73 Å². The summed E-state index contributed by atoms with van der Waals surface area (Å²) < 4.78 is 5.42. The molecular formula is C37H40N4O6. The van der Waals surface area contributed by atoms with Crippen molar-refractivity contribution in [3.8, 4) is 16.9 Å². The van der Waals surface area contributed by atoms with Crippen LogP contribution in [0.4, 0.5) is 0 Å². The highest BCUT2D eigenvalue weighted by Gasteiger charge is 2.32. The van der Waals surface area contributed by atoms with Crippen molar-refractivity contribution in [3.05, 3.63) is 125 Å². The molecule has 1 atom stereocenters. The molecule has 10 heteroatoms. The monoisotopic (exact) mass is 636 g/mol. The van der Waals surface area contributed by atoms with Crippen LogP contribution in [0.5, 0.6) is 5.75 Å². The third kappa shape index (κ3) is 10.0. The van der Waals surface area contributed by atoms with E-state index >= 15 is 0 Å². The molecule has 3 amide bonds. The van der Waals surface area contributed by atoms with E-state index in [4.69, 9.17) is 10.5 Å². The molecule has 5 N–H and O–H groups in total. The van der Waals surface area contributed by atoms with E-state index in [9.17, 15) is 24.3 Å². The summed E-state index contributed by atoms with van der Waals surface area (Å²) in [6.07, 6.45) is 0.218. The standard InChI is InChI=1S/C37H40N4O6/c1-2-47-37(46)33(22-27-15-17-30(42)18-16-27)41(35(44)24-40-34(43)23-26-9-4-3-5-10-26)25-28-11-8-12-29(21-28)31-13-6-7-14-32(31)36(45)39-20-19-38/h3-18,21,33,42H,2,19-20,22-25,38H2,1H3,(H,39,45)(H,40,43)/t33-/m0/s1. The molecule has 0 saturated carbocycles. The van der Waals surface area contributed by atoms with Gasteiger partial charge >= 0.3 is 5.97 Å². The average molecular weight is 637 g/mol. The molecule has 0 saturated heterocycles. The number of carbonyl (C=O) groups is 4. The summed E-state index contributed by atoms with van der Waals surface area (Å²) in [5.74, 6) is -1.58. The van der Waals surface area contributed by atoms with E-state index in [1.165, 1.54) is 17.0 Å². The number of nitrogens with zero attached hydrogens (tertiary/aromatic N) is 1. The van der Waals surface area contributed by atoms with Gasteiger partial charge in [0.2, 0.25) is 11.8 Å². The van der Waals surface area contributed by atoms with Gasteiger partial charge in [0.25, 0.3) is 5.91 Å². The van der Waals surface area contributed by atoms with Gasteiger partial charge in [-0.15, -0.1) is 0 Å². The predicted molar refractivity (Wildman–Crippen MR) is 179 cm³/mol. The first-order valence-corrected chi connectivity index (χ1v) is 15.5.